The molecular formula is C9H12ClN3O. The van der Waals surface area contributed by atoms with Crippen LogP contribution in [0, 0.1) is 6.92 Å². The fourth-order valence-corrected chi connectivity index (χ4v) is 1.21. The lowest BCUT2D eigenvalue weighted by Gasteiger charge is -2.07. The summed E-state index contributed by atoms with van der Waals surface area (Å²) in [4.78, 5) is 15.2. The Morgan fingerprint density at radius 3 is 2.86 bits per heavy atom. The van der Waals surface area contributed by atoms with Gasteiger partial charge in [0.1, 0.15) is 5.15 Å². The molecule has 0 spiro atoms. The van der Waals surface area contributed by atoms with Crippen molar-refractivity contribution in [1.82, 2.24) is 10.3 Å². The molecular weight excluding hydrogens is 202 g/mol. The third kappa shape index (κ3) is 2.97. The number of nitrogens with one attached hydrogen (secondary N) is 2. The maximum absolute atomic E-state index is 11.2. The monoisotopic (exact) mass is 213 g/mol. The second kappa shape index (κ2) is 4.93. The number of halogens is 1. The average molecular weight is 214 g/mol. The van der Waals surface area contributed by atoms with Gasteiger partial charge in [0.2, 0.25) is 5.91 Å². The number of hydrogen-bond donors (Lipinski definition) is 2. The maximum atomic E-state index is 11.2. The number of likely N-dealkylation sites (N-methyl/N-ethyl adjacent to an activating group) is 1. The van der Waals surface area contributed by atoms with E-state index in [4.69, 9.17) is 11.6 Å². The summed E-state index contributed by atoms with van der Waals surface area (Å²) in [7, 11) is 1.71. The summed E-state index contributed by atoms with van der Waals surface area (Å²) in [6.07, 6.45) is 0. The van der Waals surface area contributed by atoms with Crippen molar-refractivity contribution in [3.63, 3.8) is 0 Å². The van der Waals surface area contributed by atoms with Crippen LogP contribution in [0.3, 0.4) is 0 Å². The highest BCUT2D eigenvalue weighted by molar-refractivity contribution is 6.29. The van der Waals surface area contributed by atoms with E-state index in [1.807, 2.05) is 0 Å². The lowest BCUT2D eigenvalue weighted by molar-refractivity contribution is -0.115. The molecule has 5 heteroatoms. The minimum absolute atomic E-state index is 0.0975. The Labute approximate surface area is 87.7 Å². The summed E-state index contributed by atoms with van der Waals surface area (Å²) in [6, 6.07) is 3.38. The van der Waals surface area contributed by atoms with Gasteiger partial charge in [-0.1, -0.05) is 11.6 Å². The molecule has 4 nitrogen and oxygen atoms in total. The van der Waals surface area contributed by atoms with Crippen molar-refractivity contribution in [1.29, 1.82) is 0 Å². The zero-order valence-electron chi connectivity index (χ0n) is 8.10. The molecule has 0 aromatic carbocycles. The van der Waals surface area contributed by atoms with Gasteiger partial charge >= 0.3 is 0 Å². The van der Waals surface area contributed by atoms with Crippen LogP contribution in [0.2, 0.25) is 5.15 Å². The first-order valence-corrected chi connectivity index (χ1v) is 4.59. The highest BCUT2D eigenvalue weighted by Crippen LogP contribution is 2.15. The highest BCUT2D eigenvalue weighted by atomic mass is 35.5. The minimum Gasteiger partial charge on any atom is -0.323 e. The van der Waals surface area contributed by atoms with Gasteiger partial charge < -0.3 is 10.6 Å². The van der Waals surface area contributed by atoms with Crippen LogP contribution in [0.25, 0.3) is 0 Å². The van der Waals surface area contributed by atoms with E-state index in [1.165, 1.54) is 0 Å². The Balaban J connectivity index is 2.72. The first-order chi connectivity index (χ1) is 6.63. The number of aryl methyl sites for hydroxylation is 1. The van der Waals surface area contributed by atoms with E-state index in [-0.39, 0.29) is 12.5 Å². The molecule has 2 N–H and O–H groups in total. The number of pyridine rings is 1. The van der Waals surface area contributed by atoms with Gasteiger partial charge in [-0.05, 0) is 26.1 Å². The van der Waals surface area contributed by atoms with Crippen LogP contribution in [0.15, 0.2) is 12.1 Å². The van der Waals surface area contributed by atoms with Crippen LogP contribution < -0.4 is 10.6 Å². The molecule has 76 valence electrons. The molecule has 0 saturated heterocycles. The standard InChI is InChI=1S/C9H12ClN3O/c1-6-7(3-4-8(10)12-6)13-9(14)5-11-2/h3-4,11H,5H2,1-2H3,(H,13,14). The first kappa shape index (κ1) is 10.9. The quantitative estimate of drug-likeness (QED) is 0.742. The normalized spacial score (nSPS) is 9.93. The smallest absolute Gasteiger partial charge is 0.238 e. The van der Waals surface area contributed by atoms with Gasteiger partial charge in [0.05, 0.1) is 17.9 Å². The number of amides is 1. The third-order valence-corrected chi connectivity index (χ3v) is 1.87. The van der Waals surface area contributed by atoms with Crippen LogP contribution >= 0.6 is 11.6 Å². The predicted molar refractivity (Wildman–Crippen MR) is 56.5 cm³/mol. The second-order valence-electron chi connectivity index (χ2n) is 2.85. The Hall–Kier alpha value is -1.13. The Bertz CT molecular complexity index is 341. The molecule has 0 bridgehead atoms. The zero-order valence-corrected chi connectivity index (χ0v) is 8.85. The number of rotatable bonds is 3. The molecule has 0 atom stereocenters. The zero-order chi connectivity index (χ0) is 10.6. The summed E-state index contributed by atoms with van der Waals surface area (Å²) >= 11 is 5.68. The van der Waals surface area contributed by atoms with Gasteiger partial charge in [-0.3, -0.25) is 4.79 Å². The topological polar surface area (TPSA) is 54.0 Å². The minimum atomic E-state index is -0.0975. The third-order valence-electron chi connectivity index (χ3n) is 1.66. The molecule has 0 fully saturated rings. The van der Waals surface area contributed by atoms with Crippen LogP contribution in [-0.4, -0.2) is 24.5 Å². The summed E-state index contributed by atoms with van der Waals surface area (Å²) in [5, 5.41) is 5.90. The second-order valence-corrected chi connectivity index (χ2v) is 3.23. The number of anilines is 1. The number of carbonyl (C=O) groups excluding carboxylic acids is 1. The summed E-state index contributed by atoms with van der Waals surface area (Å²) in [6.45, 7) is 2.07. The van der Waals surface area contributed by atoms with Crippen LogP contribution in [0.5, 0.6) is 0 Å². The van der Waals surface area contributed by atoms with Gasteiger partial charge in [0.15, 0.2) is 0 Å². The molecule has 1 rings (SSSR count). The molecule has 14 heavy (non-hydrogen) atoms. The maximum Gasteiger partial charge on any atom is 0.238 e. The van der Waals surface area contributed by atoms with Crippen molar-refractivity contribution < 1.29 is 4.79 Å². The largest absolute Gasteiger partial charge is 0.323 e. The summed E-state index contributed by atoms with van der Waals surface area (Å²) in [5.41, 5.74) is 1.40. The molecule has 0 aliphatic heterocycles. The van der Waals surface area contributed by atoms with Crippen LogP contribution in [-0.2, 0) is 4.79 Å². The van der Waals surface area contributed by atoms with Crippen molar-refractivity contribution in [2.45, 2.75) is 6.92 Å². The SMILES string of the molecule is CNCC(=O)Nc1ccc(Cl)nc1C. The van der Waals surface area contributed by atoms with E-state index in [1.54, 1.807) is 26.1 Å². The summed E-state index contributed by atoms with van der Waals surface area (Å²) in [5.74, 6) is -0.0975. The fraction of sp³-hybridized carbons (Fsp3) is 0.333. The molecule has 1 amide bonds. The van der Waals surface area contributed by atoms with Gasteiger partial charge in [-0.2, -0.15) is 0 Å². The number of hydrogen-bond acceptors (Lipinski definition) is 3. The molecule has 1 heterocycles. The predicted octanol–water partition coefficient (Wildman–Crippen LogP) is 1.20. The van der Waals surface area contributed by atoms with E-state index in [2.05, 4.69) is 15.6 Å². The van der Waals surface area contributed by atoms with E-state index in [9.17, 15) is 4.79 Å². The van der Waals surface area contributed by atoms with E-state index in [0.29, 0.717) is 16.5 Å². The van der Waals surface area contributed by atoms with Crippen molar-refractivity contribution in [2.24, 2.45) is 0 Å². The van der Waals surface area contributed by atoms with Gasteiger partial charge in [-0.15, -0.1) is 0 Å². The molecule has 0 aliphatic rings. The summed E-state index contributed by atoms with van der Waals surface area (Å²) < 4.78 is 0. The van der Waals surface area contributed by atoms with Gasteiger partial charge in [-0.25, -0.2) is 4.98 Å². The van der Waals surface area contributed by atoms with E-state index >= 15 is 0 Å². The van der Waals surface area contributed by atoms with Crippen molar-refractivity contribution in [3.05, 3.63) is 23.0 Å². The van der Waals surface area contributed by atoms with Crippen molar-refractivity contribution >= 4 is 23.2 Å². The van der Waals surface area contributed by atoms with Gasteiger partial charge in [0, 0.05) is 0 Å². The lowest BCUT2D eigenvalue weighted by atomic mass is 10.3. The number of carbonyl (C=O) groups is 1. The number of nitrogens with zero attached hydrogens (tertiary/aromatic N) is 1. The molecule has 0 aliphatic carbocycles. The molecule has 1 aromatic heterocycles. The Morgan fingerprint density at radius 1 is 1.57 bits per heavy atom. The fourth-order valence-electron chi connectivity index (χ4n) is 1.02. The Kier molecular flexibility index (Phi) is 3.85. The molecule has 0 unspecified atom stereocenters. The molecule has 0 saturated carbocycles. The Morgan fingerprint density at radius 2 is 2.29 bits per heavy atom. The lowest BCUT2D eigenvalue weighted by Crippen LogP contribution is -2.25. The van der Waals surface area contributed by atoms with Crippen molar-refractivity contribution in [2.75, 3.05) is 18.9 Å². The van der Waals surface area contributed by atoms with Gasteiger partial charge in [0.25, 0.3) is 0 Å². The van der Waals surface area contributed by atoms with E-state index < -0.39 is 0 Å². The van der Waals surface area contributed by atoms with Crippen molar-refractivity contribution in [3.8, 4) is 0 Å². The van der Waals surface area contributed by atoms with E-state index in [0.717, 1.165) is 0 Å². The first-order valence-electron chi connectivity index (χ1n) is 4.21. The number of aromatic nitrogens is 1. The molecule has 1 aromatic rings. The van der Waals surface area contributed by atoms with Crippen LogP contribution in [0.4, 0.5) is 5.69 Å². The molecule has 0 radical (unpaired) electrons. The average Bonchev–Trinajstić information content (AvgIpc) is 2.10. The van der Waals surface area contributed by atoms with Crippen LogP contribution in [0.1, 0.15) is 5.69 Å². The highest BCUT2D eigenvalue weighted by Gasteiger charge is 2.04.